The first kappa shape index (κ1) is 15.5. The van der Waals surface area contributed by atoms with E-state index in [0.717, 1.165) is 0 Å². The first-order valence-corrected chi connectivity index (χ1v) is 6.75. The van der Waals surface area contributed by atoms with E-state index in [4.69, 9.17) is 37.8 Å². The van der Waals surface area contributed by atoms with Gasteiger partial charge >= 0.3 is 5.97 Å². The highest BCUT2D eigenvalue weighted by Gasteiger charge is 2.15. The van der Waals surface area contributed by atoms with Crippen LogP contribution in [0.25, 0.3) is 0 Å². The third-order valence-electron chi connectivity index (χ3n) is 2.81. The molecular weight excluding hydrogens is 315 g/mol. The molecule has 6 heteroatoms. The van der Waals surface area contributed by atoms with Gasteiger partial charge in [-0.2, -0.15) is 0 Å². The molecule has 0 fully saturated rings. The van der Waals surface area contributed by atoms with Crippen LogP contribution in [-0.4, -0.2) is 18.2 Å². The third-order valence-corrected chi connectivity index (χ3v) is 3.34. The van der Waals surface area contributed by atoms with Gasteiger partial charge < -0.3 is 14.6 Å². The molecule has 0 radical (unpaired) electrons. The number of ether oxygens (including phenoxy) is 2. The van der Waals surface area contributed by atoms with Gasteiger partial charge in [0.25, 0.3) is 0 Å². The molecule has 2 aromatic rings. The van der Waals surface area contributed by atoms with Crippen molar-refractivity contribution in [3.05, 3.63) is 57.6 Å². The Kier molecular flexibility index (Phi) is 4.94. The van der Waals surface area contributed by atoms with E-state index in [0.29, 0.717) is 16.3 Å². The van der Waals surface area contributed by atoms with E-state index < -0.39 is 5.97 Å². The Hall–Kier alpha value is -1.91. The fourth-order valence-corrected chi connectivity index (χ4v) is 2.26. The Morgan fingerprint density at radius 1 is 1.24 bits per heavy atom. The Morgan fingerprint density at radius 2 is 2.00 bits per heavy atom. The SMILES string of the molecule is COc1ccc(Cl)cc1COc1c(Cl)cccc1C(=O)O. The van der Waals surface area contributed by atoms with Gasteiger partial charge in [0.15, 0.2) is 5.75 Å². The molecule has 0 aromatic heterocycles. The maximum absolute atomic E-state index is 11.2. The van der Waals surface area contributed by atoms with Gasteiger partial charge in [-0.25, -0.2) is 4.79 Å². The second kappa shape index (κ2) is 6.70. The monoisotopic (exact) mass is 326 g/mol. The predicted octanol–water partition coefficient (Wildman–Crippen LogP) is 4.28. The van der Waals surface area contributed by atoms with E-state index in [1.807, 2.05) is 0 Å². The Morgan fingerprint density at radius 3 is 2.67 bits per heavy atom. The predicted molar refractivity (Wildman–Crippen MR) is 80.7 cm³/mol. The van der Waals surface area contributed by atoms with Crippen LogP contribution in [0.15, 0.2) is 36.4 Å². The molecule has 0 saturated heterocycles. The van der Waals surface area contributed by atoms with Crippen molar-refractivity contribution in [2.45, 2.75) is 6.61 Å². The summed E-state index contributed by atoms with van der Waals surface area (Å²) in [6, 6.07) is 9.65. The second-order valence-corrected chi connectivity index (χ2v) is 5.01. The molecule has 21 heavy (non-hydrogen) atoms. The number of para-hydroxylation sites is 1. The van der Waals surface area contributed by atoms with E-state index >= 15 is 0 Å². The van der Waals surface area contributed by atoms with Crippen LogP contribution in [0, 0.1) is 0 Å². The molecule has 1 N–H and O–H groups in total. The number of halogens is 2. The zero-order chi connectivity index (χ0) is 15.4. The van der Waals surface area contributed by atoms with Gasteiger partial charge in [0.05, 0.1) is 12.1 Å². The lowest BCUT2D eigenvalue weighted by Gasteiger charge is -2.13. The van der Waals surface area contributed by atoms with Gasteiger partial charge in [0, 0.05) is 10.6 Å². The van der Waals surface area contributed by atoms with Crippen LogP contribution in [-0.2, 0) is 6.61 Å². The maximum atomic E-state index is 11.2. The van der Waals surface area contributed by atoms with Gasteiger partial charge in [0.1, 0.15) is 17.9 Å². The van der Waals surface area contributed by atoms with E-state index in [1.54, 1.807) is 30.3 Å². The number of carboxylic acids is 1. The quantitative estimate of drug-likeness (QED) is 0.890. The van der Waals surface area contributed by atoms with Gasteiger partial charge in [-0.15, -0.1) is 0 Å². The van der Waals surface area contributed by atoms with E-state index in [9.17, 15) is 4.79 Å². The minimum absolute atomic E-state index is 0.00324. The number of rotatable bonds is 5. The van der Waals surface area contributed by atoms with Gasteiger partial charge in [-0.3, -0.25) is 0 Å². The van der Waals surface area contributed by atoms with Crippen molar-refractivity contribution in [1.29, 1.82) is 0 Å². The number of aromatic carboxylic acids is 1. The Balaban J connectivity index is 2.28. The number of benzene rings is 2. The second-order valence-electron chi connectivity index (χ2n) is 4.17. The van der Waals surface area contributed by atoms with Crippen molar-refractivity contribution in [1.82, 2.24) is 0 Å². The molecule has 0 aliphatic heterocycles. The highest BCUT2D eigenvalue weighted by atomic mass is 35.5. The average molecular weight is 327 g/mol. The molecule has 110 valence electrons. The van der Waals surface area contributed by atoms with Gasteiger partial charge in [0.2, 0.25) is 0 Å². The molecule has 0 atom stereocenters. The Labute approximate surface area is 131 Å². The summed E-state index contributed by atoms with van der Waals surface area (Å²) in [7, 11) is 1.53. The summed E-state index contributed by atoms with van der Waals surface area (Å²) in [5.41, 5.74) is 0.699. The van der Waals surface area contributed by atoms with Crippen LogP contribution in [0.5, 0.6) is 11.5 Å². The molecule has 0 amide bonds. The van der Waals surface area contributed by atoms with Crippen LogP contribution in [0.2, 0.25) is 10.0 Å². The third kappa shape index (κ3) is 3.60. The molecule has 2 aromatic carbocycles. The number of hydrogen-bond donors (Lipinski definition) is 1. The molecule has 0 bridgehead atoms. The van der Waals surface area contributed by atoms with Crippen molar-refractivity contribution >= 4 is 29.2 Å². The van der Waals surface area contributed by atoms with E-state index in [-0.39, 0.29) is 22.9 Å². The van der Waals surface area contributed by atoms with Crippen molar-refractivity contribution in [2.75, 3.05) is 7.11 Å². The van der Waals surface area contributed by atoms with Crippen molar-refractivity contribution in [3.63, 3.8) is 0 Å². The number of carbonyl (C=O) groups is 1. The van der Waals surface area contributed by atoms with E-state index in [1.165, 1.54) is 13.2 Å². The minimum Gasteiger partial charge on any atom is -0.496 e. The minimum atomic E-state index is -1.11. The maximum Gasteiger partial charge on any atom is 0.339 e. The van der Waals surface area contributed by atoms with Crippen LogP contribution in [0.1, 0.15) is 15.9 Å². The summed E-state index contributed by atoms with van der Waals surface area (Å²) >= 11 is 11.9. The lowest BCUT2D eigenvalue weighted by Crippen LogP contribution is -2.05. The number of hydrogen-bond acceptors (Lipinski definition) is 3. The molecule has 0 heterocycles. The summed E-state index contributed by atoms with van der Waals surface area (Å²) in [5, 5.41) is 9.91. The number of methoxy groups -OCH3 is 1. The summed E-state index contributed by atoms with van der Waals surface area (Å²) in [6.45, 7) is 0.0910. The lowest BCUT2D eigenvalue weighted by atomic mass is 10.2. The molecule has 0 saturated carbocycles. The molecule has 0 aliphatic carbocycles. The highest BCUT2D eigenvalue weighted by Crippen LogP contribution is 2.31. The summed E-state index contributed by atoms with van der Waals surface area (Å²) < 4.78 is 10.8. The summed E-state index contributed by atoms with van der Waals surface area (Å²) in [5.74, 6) is -0.386. The zero-order valence-electron chi connectivity index (χ0n) is 11.1. The summed E-state index contributed by atoms with van der Waals surface area (Å²) in [4.78, 5) is 11.2. The molecule has 0 aliphatic rings. The normalized spacial score (nSPS) is 10.2. The summed E-state index contributed by atoms with van der Waals surface area (Å²) in [6.07, 6.45) is 0. The number of carboxylic acid groups (broad SMARTS) is 1. The molecule has 2 rings (SSSR count). The zero-order valence-corrected chi connectivity index (χ0v) is 12.6. The van der Waals surface area contributed by atoms with Crippen molar-refractivity contribution in [3.8, 4) is 11.5 Å². The first-order chi connectivity index (χ1) is 10.0. The van der Waals surface area contributed by atoms with Crippen LogP contribution >= 0.6 is 23.2 Å². The lowest BCUT2D eigenvalue weighted by molar-refractivity contribution is 0.0691. The fourth-order valence-electron chi connectivity index (χ4n) is 1.83. The standard InChI is InChI=1S/C15H12Cl2O4/c1-20-13-6-5-10(16)7-9(13)8-21-14-11(15(18)19)3-2-4-12(14)17/h2-7H,8H2,1H3,(H,18,19). The van der Waals surface area contributed by atoms with Crippen molar-refractivity contribution < 1.29 is 19.4 Å². The molecule has 4 nitrogen and oxygen atoms in total. The first-order valence-electron chi connectivity index (χ1n) is 6.00. The van der Waals surface area contributed by atoms with E-state index in [2.05, 4.69) is 0 Å². The molecular formula is C15H12Cl2O4. The highest BCUT2D eigenvalue weighted by molar-refractivity contribution is 6.32. The molecule has 0 spiro atoms. The average Bonchev–Trinajstić information content (AvgIpc) is 2.45. The van der Waals surface area contributed by atoms with Crippen LogP contribution < -0.4 is 9.47 Å². The smallest absolute Gasteiger partial charge is 0.339 e. The van der Waals surface area contributed by atoms with Crippen LogP contribution in [0.4, 0.5) is 0 Å². The van der Waals surface area contributed by atoms with Gasteiger partial charge in [-0.1, -0.05) is 29.3 Å². The largest absolute Gasteiger partial charge is 0.496 e. The fraction of sp³-hybridized carbons (Fsp3) is 0.133. The van der Waals surface area contributed by atoms with Crippen LogP contribution in [0.3, 0.4) is 0 Å². The van der Waals surface area contributed by atoms with Crippen molar-refractivity contribution in [2.24, 2.45) is 0 Å². The van der Waals surface area contributed by atoms with Gasteiger partial charge in [-0.05, 0) is 30.3 Å². The topological polar surface area (TPSA) is 55.8 Å². The Bertz CT molecular complexity index is 671. The molecule has 0 unspecified atom stereocenters.